The lowest BCUT2D eigenvalue weighted by Gasteiger charge is -2.27. The van der Waals surface area contributed by atoms with E-state index in [0.717, 1.165) is 25.7 Å². The second-order valence-corrected chi connectivity index (χ2v) is 9.76. The minimum Gasteiger partial charge on any atom is -0.304 e. The van der Waals surface area contributed by atoms with Crippen LogP contribution < -0.4 is 4.90 Å². The van der Waals surface area contributed by atoms with Gasteiger partial charge in [0.2, 0.25) is 10.0 Å². The number of nitrogens with zero attached hydrogens (tertiary/aromatic N) is 3. The van der Waals surface area contributed by atoms with Crippen molar-refractivity contribution in [2.45, 2.75) is 50.5 Å². The highest BCUT2D eigenvalue weighted by Gasteiger charge is 2.29. The van der Waals surface area contributed by atoms with E-state index in [1.165, 1.54) is 16.4 Å². The molecule has 1 saturated heterocycles. The van der Waals surface area contributed by atoms with Gasteiger partial charge in [-0.25, -0.2) is 8.42 Å². The molecule has 2 aromatic rings. The molecule has 0 bridgehead atoms. The van der Waals surface area contributed by atoms with Gasteiger partial charge in [0.25, 0.3) is 5.91 Å². The third-order valence-corrected chi connectivity index (χ3v) is 7.40. The van der Waals surface area contributed by atoms with Crippen molar-refractivity contribution >= 4 is 33.2 Å². The zero-order chi connectivity index (χ0) is 21.0. The third kappa shape index (κ3) is 4.79. The zero-order valence-corrected chi connectivity index (χ0v) is 18.3. The fourth-order valence-electron chi connectivity index (χ4n) is 3.54. The average molecular weight is 436 g/mol. The molecule has 6 nitrogen and oxygen atoms in total. The number of carbonyl (C=O) groups is 1. The maximum Gasteiger partial charge on any atom is 0.258 e. The summed E-state index contributed by atoms with van der Waals surface area (Å²) in [4.78, 5) is 18.9. The summed E-state index contributed by atoms with van der Waals surface area (Å²) in [7, 11) is -3.76. The number of benzene rings is 1. The first kappa shape index (κ1) is 21.7. The van der Waals surface area contributed by atoms with Crippen molar-refractivity contribution in [2.24, 2.45) is 0 Å². The van der Waals surface area contributed by atoms with Gasteiger partial charge >= 0.3 is 0 Å². The Labute approximate surface area is 177 Å². The Morgan fingerprint density at radius 1 is 1.14 bits per heavy atom. The van der Waals surface area contributed by atoms with Gasteiger partial charge in [-0.3, -0.25) is 9.78 Å². The van der Waals surface area contributed by atoms with Crippen LogP contribution >= 0.6 is 11.6 Å². The lowest BCUT2D eigenvalue weighted by molar-refractivity contribution is 0.0980. The van der Waals surface area contributed by atoms with Gasteiger partial charge < -0.3 is 4.90 Å². The predicted octanol–water partition coefficient (Wildman–Crippen LogP) is 4.35. The van der Waals surface area contributed by atoms with E-state index in [1.54, 1.807) is 35.5 Å². The molecule has 29 heavy (non-hydrogen) atoms. The highest BCUT2D eigenvalue weighted by Crippen LogP contribution is 2.29. The number of hydrogen-bond donors (Lipinski definition) is 0. The molecule has 1 aliphatic heterocycles. The normalized spacial score (nSPS) is 15.9. The fraction of sp³-hybridized carbons (Fsp3) is 0.429. The van der Waals surface area contributed by atoms with E-state index in [9.17, 15) is 13.2 Å². The van der Waals surface area contributed by atoms with Crippen molar-refractivity contribution in [1.82, 2.24) is 9.29 Å². The van der Waals surface area contributed by atoms with E-state index >= 15 is 0 Å². The topological polar surface area (TPSA) is 70.6 Å². The number of anilines is 1. The van der Waals surface area contributed by atoms with Crippen LogP contribution in [-0.2, 0) is 10.0 Å². The van der Waals surface area contributed by atoms with E-state index in [0.29, 0.717) is 18.8 Å². The van der Waals surface area contributed by atoms with Crippen LogP contribution in [0, 0.1) is 0 Å². The van der Waals surface area contributed by atoms with E-state index in [-0.39, 0.29) is 27.4 Å². The number of sulfonamides is 1. The first-order valence-corrected chi connectivity index (χ1v) is 11.7. The maximum absolute atomic E-state index is 13.3. The summed E-state index contributed by atoms with van der Waals surface area (Å²) in [5.41, 5.74) is 0.930. The first-order chi connectivity index (χ1) is 13.8. The molecule has 1 aliphatic rings. The van der Waals surface area contributed by atoms with Crippen LogP contribution in [0.2, 0.25) is 5.02 Å². The molecule has 0 unspecified atom stereocenters. The van der Waals surface area contributed by atoms with Crippen LogP contribution in [0.4, 0.5) is 5.69 Å². The summed E-state index contributed by atoms with van der Waals surface area (Å²) >= 11 is 6.26. The molecule has 1 amide bonds. The molecule has 0 aliphatic carbocycles. The molecule has 1 aromatic carbocycles. The van der Waals surface area contributed by atoms with Gasteiger partial charge in [0.1, 0.15) is 4.90 Å². The predicted molar refractivity (Wildman–Crippen MR) is 115 cm³/mol. The van der Waals surface area contributed by atoms with Crippen molar-refractivity contribution in [3.8, 4) is 0 Å². The van der Waals surface area contributed by atoms with Crippen LogP contribution in [0.1, 0.15) is 49.9 Å². The number of rotatable bonds is 5. The third-order valence-electron chi connectivity index (χ3n) is 5.02. The minimum absolute atomic E-state index is 0.0122. The lowest BCUT2D eigenvalue weighted by Crippen LogP contribution is -2.37. The highest BCUT2D eigenvalue weighted by atomic mass is 35.5. The number of carbonyl (C=O) groups excluding carboxylic acids is 1. The molecule has 2 heterocycles. The number of aromatic nitrogens is 1. The number of pyridine rings is 1. The van der Waals surface area contributed by atoms with E-state index in [1.807, 2.05) is 13.8 Å². The Morgan fingerprint density at radius 2 is 1.83 bits per heavy atom. The quantitative estimate of drug-likeness (QED) is 0.699. The van der Waals surface area contributed by atoms with Crippen LogP contribution in [0.5, 0.6) is 0 Å². The molecular formula is C21H26ClN3O3S. The van der Waals surface area contributed by atoms with E-state index in [4.69, 9.17) is 11.6 Å². The van der Waals surface area contributed by atoms with Gasteiger partial charge in [-0.2, -0.15) is 4.31 Å². The van der Waals surface area contributed by atoms with Gasteiger partial charge in [-0.15, -0.1) is 0 Å². The molecule has 0 atom stereocenters. The molecule has 8 heteroatoms. The highest BCUT2D eigenvalue weighted by molar-refractivity contribution is 7.89. The second-order valence-electron chi connectivity index (χ2n) is 7.44. The fourth-order valence-corrected chi connectivity index (χ4v) is 5.56. The molecule has 0 saturated carbocycles. The average Bonchev–Trinajstić information content (AvgIpc) is 2.99. The Hall–Kier alpha value is -1.96. The van der Waals surface area contributed by atoms with E-state index in [2.05, 4.69) is 4.98 Å². The van der Waals surface area contributed by atoms with Crippen molar-refractivity contribution in [1.29, 1.82) is 0 Å². The molecule has 0 N–H and O–H groups in total. The number of halogens is 1. The molecule has 0 radical (unpaired) electrons. The van der Waals surface area contributed by atoms with Crippen molar-refractivity contribution in [3.63, 3.8) is 0 Å². The Kier molecular flexibility index (Phi) is 6.93. The van der Waals surface area contributed by atoms with Gasteiger partial charge in [-0.05, 0) is 57.0 Å². The Bertz CT molecular complexity index is 956. The molecule has 1 fully saturated rings. The first-order valence-electron chi connectivity index (χ1n) is 9.85. The van der Waals surface area contributed by atoms with Gasteiger partial charge in [0.15, 0.2) is 0 Å². The monoisotopic (exact) mass is 435 g/mol. The van der Waals surface area contributed by atoms with Gasteiger partial charge in [-0.1, -0.05) is 24.4 Å². The van der Waals surface area contributed by atoms with Gasteiger partial charge in [0, 0.05) is 30.9 Å². The SMILES string of the molecule is CC(C)N(C(=O)c1ccc(Cl)c(S(=O)(=O)N2CCCCCC2)c1)c1cccnc1. The molecule has 0 spiro atoms. The van der Waals surface area contributed by atoms with Crippen molar-refractivity contribution < 1.29 is 13.2 Å². The maximum atomic E-state index is 13.3. The largest absolute Gasteiger partial charge is 0.304 e. The Balaban J connectivity index is 1.98. The summed E-state index contributed by atoms with van der Waals surface area (Å²) in [5, 5.41) is 0.128. The van der Waals surface area contributed by atoms with Crippen LogP contribution in [0.15, 0.2) is 47.6 Å². The standard InChI is InChI=1S/C21H26ClN3O3S/c1-16(2)25(18-8-7-11-23-15-18)21(26)17-9-10-19(22)20(14-17)29(27,28)24-12-5-3-4-6-13-24/h7-11,14-16H,3-6,12-13H2,1-2H3. The van der Waals surface area contributed by atoms with Crippen molar-refractivity contribution in [2.75, 3.05) is 18.0 Å². The molecule has 1 aromatic heterocycles. The van der Waals surface area contributed by atoms with Crippen LogP contribution in [0.3, 0.4) is 0 Å². The Morgan fingerprint density at radius 3 is 2.41 bits per heavy atom. The summed E-state index contributed by atoms with van der Waals surface area (Å²) in [6.07, 6.45) is 6.96. The molecular weight excluding hydrogens is 410 g/mol. The molecule has 3 rings (SSSR count). The number of amides is 1. The lowest BCUT2D eigenvalue weighted by atomic mass is 10.1. The minimum atomic E-state index is -3.76. The smallest absolute Gasteiger partial charge is 0.258 e. The summed E-state index contributed by atoms with van der Waals surface area (Å²) in [5.74, 6) is -0.294. The van der Waals surface area contributed by atoms with Gasteiger partial charge in [0.05, 0.1) is 16.9 Å². The number of hydrogen-bond acceptors (Lipinski definition) is 4. The zero-order valence-electron chi connectivity index (χ0n) is 16.7. The second kappa shape index (κ2) is 9.24. The summed E-state index contributed by atoms with van der Waals surface area (Å²) in [6, 6.07) is 7.88. The summed E-state index contributed by atoms with van der Waals surface area (Å²) in [6.45, 7) is 4.75. The van der Waals surface area contributed by atoms with E-state index < -0.39 is 10.0 Å². The van der Waals surface area contributed by atoms with Crippen molar-refractivity contribution in [3.05, 3.63) is 53.3 Å². The van der Waals surface area contributed by atoms with Crippen LogP contribution in [0.25, 0.3) is 0 Å². The van der Waals surface area contributed by atoms with Crippen LogP contribution in [-0.4, -0.2) is 42.7 Å². The summed E-state index contributed by atoms with van der Waals surface area (Å²) < 4.78 is 27.9. The molecule has 156 valence electrons.